The first-order chi connectivity index (χ1) is 9.11. The Morgan fingerprint density at radius 2 is 2.00 bits per heavy atom. The predicted molar refractivity (Wildman–Crippen MR) is 87.6 cm³/mol. The Hall–Kier alpha value is -0.380. The van der Waals surface area contributed by atoms with Crippen LogP contribution in [0.25, 0.3) is 0 Å². The topological polar surface area (TPSA) is 15.3 Å². The van der Waals surface area contributed by atoms with Crippen molar-refractivity contribution in [3.63, 3.8) is 0 Å². The Kier molecular flexibility index (Phi) is 5.43. The van der Waals surface area contributed by atoms with E-state index < -0.39 is 0 Å². The smallest absolute Gasteiger partial charge is 0.0471 e. The molecule has 0 saturated carbocycles. The van der Waals surface area contributed by atoms with Crippen molar-refractivity contribution in [2.45, 2.75) is 37.8 Å². The number of nitrogens with one attached hydrogen (secondary N) is 1. The van der Waals surface area contributed by atoms with E-state index >= 15 is 0 Å². The second-order valence-corrected chi connectivity index (χ2v) is 7.47. The van der Waals surface area contributed by atoms with Crippen LogP contribution in [0.4, 0.5) is 5.69 Å². The Labute approximate surface area is 125 Å². The van der Waals surface area contributed by atoms with Crippen LogP contribution in [0, 0.1) is 0 Å². The van der Waals surface area contributed by atoms with Gasteiger partial charge in [0.25, 0.3) is 0 Å². The average molecular weight is 299 g/mol. The van der Waals surface area contributed by atoms with Gasteiger partial charge in [-0.25, -0.2) is 0 Å². The van der Waals surface area contributed by atoms with Gasteiger partial charge in [0.2, 0.25) is 0 Å². The highest BCUT2D eigenvalue weighted by Gasteiger charge is 2.24. The average Bonchev–Trinajstić information content (AvgIpc) is 2.36. The van der Waals surface area contributed by atoms with Crippen molar-refractivity contribution in [3.8, 4) is 0 Å². The predicted octanol–water partition coefficient (Wildman–Crippen LogP) is 3.78. The fourth-order valence-electron chi connectivity index (χ4n) is 2.64. The monoisotopic (exact) mass is 298 g/mol. The van der Waals surface area contributed by atoms with Crippen molar-refractivity contribution in [1.82, 2.24) is 5.32 Å². The number of halogens is 1. The van der Waals surface area contributed by atoms with E-state index in [0.717, 1.165) is 31.2 Å². The SMILES string of the molecule is CCNCc1c(Cl)cccc1N1CC(C)SC(C)C1. The second-order valence-electron chi connectivity index (χ2n) is 5.18. The van der Waals surface area contributed by atoms with Crippen LogP contribution in [0.2, 0.25) is 5.02 Å². The van der Waals surface area contributed by atoms with Crippen molar-refractivity contribution in [2.24, 2.45) is 0 Å². The number of rotatable bonds is 4. The maximum absolute atomic E-state index is 6.39. The molecule has 0 bridgehead atoms. The van der Waals surface area contributed by atoms with Gasteiger partial charge in [-0.3, -0.25) is 0 Å². The number of hydrogen-bond donors (Lipinski definition) is 1. The molecule has 19 heavy (non-hydrogen) atoms. The van der Waals surface area contributed by atoms with Gasteiger partial charge in [0.05, 0.1) is 0 Å². The third-order valence-corrected chi connectivity index (χ3v) is 4.99. The fourth-order valence-corrected chi connectivity index (χ4v) is 4.20. The Balaban J connectivity index is 2.25. The fraction of sp³-hybridized carbons (Fsp3) is 0.600. The lowest BCUT2D eigenvalue weighted by Crippen LogP contribution is -2.41. The van der Waals surface area contributed by atoms with Crippen LogP contribution < -0.4 is 10.2 Å². The van der Waals surface area contributed by atoms with Gasteiger partial charge in [-0.15, -0.1) is 0 Å². The van der Waals surface area contributed by atoms with Crippen LogP contribution in [0.5, 0.6) is 0 Å². The highest BCUT2D eigenvalue weighted by Crippen LogP contribution is 2.33. The lowest BCUT2D eigenvalue weighted by molar-refractivity contribution is 0.700. The summed E-state index contributed by atoms with van der Waals surface area (Å²) in [5.74, 6) is 0. The highest BCUT2D eigenvalue weighted by atomic mass is 35.5. The molecule has 1 aromatic carbocycles. The molecular weight excluding hydrogens is 276 g/mol. The molecule has 1 heterocycles. The van der Waals surface area contributed by atoms with Gasteiger partial charge in [0.1, 0.15) is 0 Å². The van der Waals surface area contributed by atoms with Gasteiger partial charge in [0.15, 0.2) is 0 Å². The zero-order chi connectivity index (χ0) is 13.8. The lowest BCUT2D eigenvalue weighted by Gasteiger charge is -2.37. The van der Waals surface area contributed by atoms with E-state index in [4.69, 9.17) is 11.6 Å². The summed E-state index contributed by atoms with van der Waals surface area (Å²) < 4.78 is 0. The van der Waals surface area contributed by atoms with Gasteiger partial charge < -0.3 is 10.2 Å². The first-order valence-corrected chi connectivity index (χ1v) is 8.32. The van der Waals surface area contributed by atoms with Crippen LogP contribution in [-0.4, -0.2) is 30.1 Å². The summed E-state index contributed by atoms with van der Waals surface area (Å²) in [6, 6.07) is 6.25. The Morgan fingerprint density at radius 3 is 2.63 bits per heavy atom. The molecule has 0 amide bonds. The van der Waals surface area contributed by atoms with Crippen molar-refractivity contribution < 1.29 is 0 Å². The van der Waals surface area contributed by atoms with Crippen LogP contribution in [0.3, 0.4) is 0 Å². The van der Waals surface area contributed by atoms with E-state index in [0.29, 0.717) is 10.5 Å². The van der Waals surface area contributed by atoms with Crippen LogP contribution in [0.1, 0.15) is 26.3 Å². The third-order valence-electron chi connectivity index (χ3n) is 3.41. The molecular formula is C15H23ClN2S. The molecule has 1 N–H and O–H groups in total. The minimum absolute atomic E-state index is 0.676. The number of thioether (sulfide) groups is 1. The molecule has 0 spiro atoms. The van der Waals surface area contributed by atoms with E-state index in [2.05, 4.69) is 54.9 Å². The molecule has 1 aliphatic rings. The quantitative estimate of drug-likeness (QED) is 0.911. The molecule has 106 valence electrons. The van der Waals surface area contributed by atoms with Gasteiger partial charge in [-0.05, 0) is 18.7 Å². The van der Waals surface area contributed by atoms with Gasteiger partial charge in [0, 0.05) is 46.4 Å². The van der Waals surface area contributed by atoms with Gasteiger partial charge in [-0.1, -0.05) is 38.4 Å². The molecule has 1 aliphatic heterocycles. The zero-order valence-electron chi connectivity index (χ0n) is 11.9. The Bertz CT molecular complexity index is 415. The summed E-state index contributed by atoms with van der Waals surface area (Å²) in [4.78, 5) is 2.49. The molecule has 2 atom stereocenters. The summed E-state index contributed by atoms with van der Waals surface area (Å²) in [5, 5.41) is 5.61. The second kappa shape index (κ2) is 6.87. The van der Waals surface area contributed by atoms with Crippen LogP contribution in [-0.2, 0) is 6.54 Å². The van der Waals surface area contributed by atoms with E-state index in [1.807, 2.05) is 6.07 Å². The summed E-state index contributed by atoms with van der Waals surface area (Å²) in [6.07, 6.45) is 0. The molecule has 1 aromatic rings. The summed E-state index contributed by atoms with van der Waals surface area (Å²) in [7, 11) is 0. The highest BCUT2D eigenvalue weighted by molar-refractivity contribution is 8.00. The first-order valence-electron chi connectivity index (χ1n) is 7.00. The van der Waals surface area contributed by atoms with Crippen molar-refractivity contribution >= 4 is 29.1 Å². The van der Waals surface area contributed by atoms with Crippen LogP contribution in [0.15, 0.2) is 18.2 Å². The van der Waals surface area contributed by atoms with Gasteiger partial charge >= 0.3 is 0 Å². The number of hydrogen-bond acceptors (Lipinski definition) is 3. The van der Waals surface area contributed by atoms with Gasteiger partial charge in [-0.2, -0.15) is 11.8 Å². The number of anilines is 1. The summed E-state index contributed by atoms with van der Waals surface area (Å²) >= 11 is 8.46. The largest absolute Gasteiger partial charge is 0.369 e. The summed E-state index contributed by atoms with van der Waals surface area (Å²) in [5.41, 5.74) is 2.53. The van der Waals surface area contributed by atoms with Crippen molar-refractivity contribution in [1.29, 1.82) is 0 Å². The molecule has 0 radical (unpaired) electrons. The molecule has 0 aromatic heterocycles. The Morgan fingerprint density at radius 1 is 1.32 bits per heavy atom. The standard InChI is InChI=1S/C15H23ClN2S/c1-4-17-8-13-14(16)6-5-7-15(13)18-9-11(2)19-12(3)10-18/h5-7,11-12,17H,4,8-10H2,1-3H3. The normalized spacial score (nSPS) is 23.7. The summed E-state index contributed by atoms with van der Waals surface area (Å²) in [6.45, 7) is 10.8. The molecule has 2 unspecified atom stereocenters. The van der Waals surface area contributed by atoms with Crippen molar-refractivity contribution in [3.05, 3.63) is 28.8 Å². The maximum atomic E-state index is 6.39. The minimum Gasteiger partial charge on any atom is -0.369 e. The molecule has 2 rings (SSSR count). The number of nitrogens with zero attached hydrogens (tertiary/aromatic N) is 1. The van der Waals surface area contributed by atoms with E-state index in [1.165, 1.54) is 11.3 Å². The lowest BCUT2D eigenvalue weighted by atomic mass is 10.1. The van der Waals surface area contributed by atoms with E-state index in [1.54, 1.807) is 0 Å². The minimum atomic E-state index is 0.676. The van der Waals surface area contributed by atoms with Crippen molar-refractivity contribution in [2.75, 3.05) is 24.5 Å². The number of benzene rings is 1. The molecule has 1 fully saturated rings. The van der Waals surface area contributed by atoms with Crippen LogP contribution >= 0.6 is 23.4 Å². The molecule has 0 aliphatic carbocycles. The third kappa shape index (κ3) is 3.80. The molecule has 2 nitrogen and oxygen atoms in total. The zero-order valence-corrected chi connectivity index (χ0v) is 13.5. The van der Waals surface area contributed by atoms with E-state index in [-0.39, 0.29) is 0 Å². The first kappa shape index (κ1) is 15.0. The molecule has 1 saturated heterocycles. The molecule has 4 heteroatoms. The van der Waals surface area contributed by atoms with E-state index in [9.17, 15) is 0 Å². The maximum Gasteiger partial charge on any atom is 0.0471 e.